The number of nitrogens with one attached hydrogen (secondary N) is 1. The van der Waals surface area contributed by atoms with Crippen LogP contribution in [0.5, 0.6) is 0 Å². The molecule has 1 saturated carbocycles. The van der Waals surface area contributed by atoms with E-state index in [9.17, 15) is 19.5 Å². The first-order chi connectivity index (χ1) is 15.0. The van der Waals surface area contributed by atoms with Crippen LogP contribution in [0.15, 0.2) is 22.6 Å². The Morgan fingerprint density at radius 3 is 2.56 bits per heavy atom. The van der Waals surface area contributed by atoms with Crippen LogP contribution in [-0.2, 0) is 4.79 Å². The maximum atomic E-state index is 14.0. The van der Waals surface area contributed by atoms with Crippen LogP contribution >= 0.6 is 11.6 Å². The number of benzene rings is 1. The lowest BCUT2D eigenvalue weighted by Gasteiger charge is -2.46. The summed E-state index contributed by atoms with van der Waals surface area (Å²) in [6.45, 7) is 5.62. The van der Waals surface area contributed by atoms with E-state index >= 15 is 0 Å². The molecule has 1 saturated heterocycles. The first-order valence-electron chi connectivity index (χ1n) is 10.8. The number of rotatable bonds is 3. The molecule has 0 bridgehead atoms. The van der Waals surface area contributed by atoms with Gasteiger partial charge in [-0.1, -0.05) is 45.2 Å². The molecule has 2 heterocycles. The van der Waals surface area contributed by atoms with Crippen molar-refractivity contribution >= 4 is 46.2 Å². The van der Waals surface area contributed by atoms with Crippen molar-refractivity contribution in [3.8, 4) is 0 Å². The van der Waals surface area contributed by atoms with Crippen molar-refractivity contribution in [3.05, 3.63) is 29.0 Å². The molecule has 8 nitrogen and oxygen atoms in total. The van der Waals surface area contributed by atoms with Gasteiger partial charge in [-0.05, 0) is 48.8 Å². The van der Waals surface area contributed by atoms with Crippen LogP contribution in [0.25, 0.3) is 11.0 Å². The minimum atomic E-state index is -1.32. The van der Waals surface area contributed by atoms with Gasteiger partial charge in [0.15, 0.2) is 0 Å². The molecule has 1 aromatic carbocycles. The number of furan rings is 1. The van der Waals surface area contributed by atoms with Crippen molar-refractivity contribution in [3.63, 3.8) is 0 Å². The Morgan fingerprint density at radius 1 is 1.25 bits per heavy atom. The highest BCUT2D eigenvalue weighted by Crippen LogP contribution is 2.53. The summed E-state index contributed by atoms with van der Waals surface area (Å²) in [4.78, 5) is 39.9. The topological polar surface area (TPSA) is 126 Å². The molecule has 4 N–H and O–H groups in total. The van der Waals surface area contributed by atoms with Crippen LogP contribution < -0.4 is 11.1 Å². The summed E-state index contributed by atoms with van der Waals surface area (Å²) < 4.78 is 5.59. The molecule has 2 aliphatic rings. The molecule has 2 aromatic rings. The highest BCUT2D eigenvalue weighted by Gasteiger charge is 2.63. The van der Waals surface area contributed by atoms with Gasteiger partial charge in [0.1, 0.15) is 16.8 Å². The van der Waals surface area contributed by atoms with E-state index in [1.165, 1.54) is 4.90 Å². The lowest BCUT2D eigenvalue weighted by molar-refractivity contribution is -0.133. The van der Waals surface area contributed by atoms with Crippen molar-refractivity contribution < 1.29 is 23.9 Å². The number of carboxylic acid groups (broad SMARTS) is 1. The Morgan fingerprint density at radius 2 is 1.94 bits per heavy atom. The molecule has 1 aliphatic carbocycles. The smallest absolute Gasteiger partial charge is 0.408 e. The molecule has 172 valence electrons. The zero-order valence-corrected chi connectivity index (χ0v) is 19.2. The third kappa shape index (κ3) is 3.32. The van der Waals surface area contributed by atoms with Crippen LogP contribution in [0, 0.1) is 11.3 Å². The number of fused-ring (bicyclic) bond motifs is 2. The maximum absolute atomic E-state index is 14.0. The fourth-order valence-electron chi connectivity index (χ4n) is 5.63. The predicted molar refractivity (Wildman–Crippen MR) is 121 cm³/mol. The average Bonchev–Trinajstić information content (AvgIpc) is 3.24. The highest BCUT2D eigenvalue weighted by atomic mass is 35.5. The summed E-state index contributed by atoms with van der Waals surface area (Å²) in [7, 11) is 0. The Labute approximate surface area is 191 Å². The number of primary amides is 1. The molecule has 9 heteroatoms. The van der Waals surface area contributed by atoms with E-state index < -0.39 is 28.9 Å². The number of halogens is 1. The third-order valence-electron chi connectivity index (χ3n) is 7.10. The molecule has 4 rings (SSSR count). The number of carbonyl (C=O) groups is 3. The van der Waals surface area contributed by atoms with E-state index in [-0.39, 0.29) is 23.4 Å². The second-order valence-corrected chi connectivity index (χ2v) is 10.3. The Balaban J connectivity index is 1.84. The van der Waals surface area contributed by atoms with Crippen molar-refractivity contribution in [1.29, 1.82) is 0 Å². The predicted octanol–water partition coefficient (Wildman–Crippen LogP) is 4.85. The van der Waals surface area contributed by atoms with Crippen LogP contribution in [0.2, 0.25) is 5.02 Å². The van der Waals surface area contributed by atoms with Gasteiger partial charge in [-0.15, -0.1) is 0 Å². The third-order valence-corrected chi connectivity index (χ3v) is 7.34. The number of hydrogen-bond acceptors (Lipinski definition) is 4. The normalized spacial score (nSPS) is 25.6. The van der Waals surface area contributed by atoms with Gasteiger partial charge < -0.3 is 20.6 Å². The van der Waals surface area contributed by atoms with Crippen molar-refractivity contribution in [1.82, 2.24) is 4.90 Å². The molecule has 3 atom stereocenters. The fourth-order valence-corrected chi connectivity index (χ4v) is 5.80. The van der Waals surface area contributed by atoms with Crippen LogP contribution in [0.1, 0.15) is 63.4 Å². The van der Waals surface area contributed by atoms with Crippen LogP contribution in [-0.4, -0.2) is 39.5 Å². The van der Waals surface area contributed by atoms with Crippen LogP contribution in [0.4, 0.5) is 10.5 Å². The summed E-state index contributed by atoms with van der Waals surface area (Å²) in [5.74, 6) is -1.42. The van der Waals surface area contributed by atoms with Gasteiger partial charge in [-0.3, -0.25) is 14.5 Å². The summed E-state index contributed by atoms with van der Waals surface area (Å²) in [6, 6.07) is 4.56. The molecular weight excluding hydrogens is 434 g/mol. The van der Waals surface area contributed by atoms with Crippen molar-refractivity contribution in [2.75, 3.05) is 5.32 Å². The summed E-state index contributed by atoms with van der Waals surface area (Å²) in [5, 5.41) is 13.9. The molecular formula is C23H28ClN3O5. The SMILES string of the molecule is CC(C)(C)[C@]1(C(=O)Nc2c(C(N)=O)oc3ccc(Cl)cc23)CC2CCCCC2N1C(=O)O. The summed E-state index contributed by atoms with van der Waals surface area (Å²) in [6.07, 6.45) is 2.88. The number of amides is 3. The van der Waals surface area contributed by atoms with E-state index in [4.69, 9.17) is 21.8 Å². The van der Waals surface area contributed by atoms with Gasteiger partial charge in [0.2, 0.25) is 5.76 Å². The van der Waals surface area contributed by atoms with Crippen LogP contribution in [0.3, 0.4) is 0 Å². The number of likely N-dealkylation sites (tertiary alicyclic amines) is 1. The van der Waals surface area contributed by atoms with E-state index in [1.54, 1.807) is 18.2 Å². The fraction of sp³-hybridized carbons (Fsp3) is 0.522. The van der Waals surface area contributed by atoms with E-state index in [0.717, 1.165) is 25.7 Å². The minimum absolute atomic E-state index is 0.107. The van der Waals surface area contributed by atoms with Gasteiger partial charge in [0, 0.05) is 16.5 Å². The molecule has 2 fully saturated rings. The number of anilines is 1. The number of nitrogens with two attached hydrogens (primary N) is 1. The quantitative estimate of drug-likeness (QED) is 0.602. The molecule has 0 radical (unpaired) electrons. The zero-order valence-electron chi connectivity index (χ0n) is 18.4. The van der Waals surface area contributed by atoms with Gasteiger partial charge in [-0.2, -0.15) is 0 Å². The zero-order chi connectivity index (χ0) is 23.4. The Hall–Kier alpha value is -2.74. The molecule has 1 aliphatic heterocycles. The first-order valence-corrected chi connectivity index (χ1v) is 11.2. The van der Waals surface area contributed by atoms with Crippen molar-refractivity contribution in [2.24, 2.45) is 17.1 Å². The van der Waals surface area contributed by atoms with E-state index in [0.29, 0.717) is 22.4 Å². The second-order valence-electron chi connectivity index (χ2n) is 9.84. The number of nitrogens with zero attached hydrogens (tertiary/aromatic N) is 1. The number of carbonyl (C=O) groups excluding carboxylic acids is 2. The van der Waals surface area contributed by atoms with Crippen molar-refractivity contribution in [2.45, 2.75) is 64.5 Å². The minimum Gasteiger partial charge on any atom is -0.465 e. The lowest BCUT2D eigenvalue weighted by Crippen LogP contribution is -2.64. The van der Waals surface area contributed by atoms with Gasteiger partial charge >= 0.3 is 6.09 Å². The van der Waals surface area contributed by atoms with E-state index in [1.807, 2.05) is 20.8 Å². The van der Waals surface area contributed by atoms with Gasteiger partial charge in [0.25, 0.3) is 11.8 Å². The Kier molecular flexibility index (Phi) is 5.40. The Bertz CT molecular complexity index is 1100. The second kappa shape index (κ2) is 7.69. The molecule has 1 aromatic heterocycles. The van der Waals surface area contributed by atoms with Gasteiger partial charge in [0.05, 0.1) is 0 Å². The first kappa shape index (κ1) is 22.5. The summed E-state index contributed by atoms with van der Waals surface area (Å²) >= 11 is 6.13. The van der Waals surface area contributed by atoms with Gasteiger partial charge in [-0.25, -0.2) is 4.79 Å². The standard InChI is InChI=1S/C23H28ClN3O5/c1-22(2,3)23(11-12-6-4-5-7-15(12)27(23)21(30)31)20(29)26-17-14-10-13(24)8-9-16(14)32-18(17)19(25)28/h8-10,12,15H,4-7,11H2,1-3H3,(H2,25,28)(H,26,29)(H,30,31)/t12?,15?,23-/m1/s1. The monoisotopic (exact) mass is 461 g/mol. The summed E-state index contributed by atoms with van der Waals surface area (Å²) in [5.41, 5.74) is 3.94. The molecule has 3 amide bonds. The molecule has 32 heavy (non-hydrogen) atoms. The van der Waals surface area contributed by atoms with E-state index in [2.05, 4.69) is 5.32 Å². The molecule has 2 unspecified atom stereocenters. The maximum Gasteiger partial charge on any atom is 0.408 e. The largest absolute Gasteiger partial charge is 0.465 e. The molecule has 0 spiro atoms. The number of hydrogen-bond donors (Lipinski definition) is 3. The average molecular weight is 462 g/mol. The highest BCUT2D eigenvalue weighted by molar-refractivity contribution is 6.31. The lowest BCUT2D eigenvalue weighted by atomic mass is 9.69.